The Balaban J connectivity index is 2.15. The molecule has 17 heavy (non-hydrogen) atoms. The first-order valence-corrected chi connectivity index (χ1v) is 6.09. The third kappa shape index (κ3) is 1.70. The summed E-state index contributed by atoms with van der Waals surface area (Å²) >= 11 is 1.61. The van der Waals surface area contributed by atoms with Crippen LogP contribution in [-0.4, -0.2) is 4.92 Å². The van der Waals surface area contributed by atoms with Gasteiger partial charge >= 0.3 is 0 Å². The zero-order valence-corrected chi connectivity index (χ0v) is 9.74. The predicted molar refractivity (Wildman–Crippen MR) is 66.5 cm³/mol. The third-order valence-electron chi connectivity index (χ3n) is 2.86. The lowest BCUT2D eigenvalue weighted by molar-refractivity contribution is -0.385. The second-order valence-corrected chi connectivity index (χ2v) is 4.98. The first kappa shape index (κ1) is 10.4. The highest BCUT2D eigenvalue weighted by atomic mass is 32.2. The molecule has 84 valence electrons. The minimum absolute atomic E-state index is 0.226. The Morgan fingerprint density at radius 2 is 1.82 bits per heavy atom. The van der Waals surface area contributed by atoms with Crippen molar-refractivity contribution in [3.63, 3.8) is 0 Å². The average Bonchev–Trinajstić information content (AvgIpc) is 2.35. The van der Waals surface area contributed by atoms with Crippen molar-refractivity contribution in [1.29, 1.82) is 0 Å². The minimum atomic E-state index is -0.298. The average molecular weight is 243 g/mol. The zero-order chi connectivity index (χ0) is 11.8. The lowest BCUT2D eigenvalue weighted by atomic mass is 10.0. The lowest BCUT2D eigenvalue weighted by Gasteiger charge is -2.18. The SMILES string of the molecule is O=[N+]([O-])c1cccc2c1Cc1ccccc1S2. The second-order valence-electron chi connectivity index (χ2n) is 3.90. The first-order chi connectivity index (χ1) is 8.25. The Morgan fingerprint density at radius 3 is 2.65 bits per heavy atom. The molecule has 0 atom stereocenters. The largest absolute Gasteiger partial charge is 0.274 e. The Hall–Kier alpha value is -1.81. The highest BCUT2D eigenvalue weighted by molar-refractivity contribution is 7.99. The zero-order valence-electron chi connectivity index (χ0n) is 8.92. The van der Waals surface area contributed by atoms with E-state index < -0.39 is 0 Å². The van der Waals surface area contributed by atoms with Gasteiger partial charge in [0, 0.05) is 27.8 Å². The fraction of sp³-hybridized carbons (Fsp3) is 0.0769. The van der Waals surface area contributed by atoms with Crippen molar-refractivity contribution in [1.82, 2.24) is 0 Å². The summed E-state index contributed by atoms with van der Waals surface area (Å²) in [5, 5.41) is 11.0. The molecule has 3 nitrogen and oxygen atoms in total. The van der Waals surface area contributed by atoms with Crippen LogP contribution in [0.2, 0.25) is 0 Å². The van der Waals surface area contributed by atoms with Gasteiger partial charge in [-0.2, -0.15) is 0 Å². The number of fused-ring (bicyclic) bond motifs is 2. The fourth-order valence-electron chi connectivity index (χ4n) is 2.06. The second kappa shape index (κ2) is 3.89. The van der Waals surface area contributed by atoms with Crippen LogP contribution < -0.4 is 0 Å². The number of nitrogens with zero attached hydrogens (tertiary/aromatic N) is 1. The molecule has 0 saturated carbocycles. The highest BCUT2D eigenvalue weighted by Gasteiger charge is 2.23. The van der Waals surface area contributed by atoms with Crippen LogP contribution >= 0.6 is 11.8 Å². The highest BCUT2D eigenvalue weighted by Crippen LogP contribution is 2.42. The van der Waals surface area contributed by atoms with E-state index in [1.807, 2.05) is 24.3 Å². The summed E-state index contributed by atoms with van der Waals surface area (Å²) < 4.78 is 0. The number of nitro benzene ring substituents is 1. The Labute approximate surface area is 103 Å². The van der Waals surface area contributed by atoms with Gasteiger partial charge < -0.3 is 0 Å². The van der Waals surface area contributed by atoms with Crippen LogP contribution in [-0.2, 0) is 6.42 Å². The van der Waals surface area contributed by atoms with Gasteiger partial charge in [-0.1, -0.05) is 36.0 Å². The molecule has 0 spiro atoms. The van der Waals surface area contributed by atoms with E-state index in [9.17, 15) is 10.1 Å². The third-order valence-corrected chi connectivity index (χ3v) is 4.09. The molecule has 0 aromatic heterocycles. The molecule has 1 heterocycles. The summed E-state index contributed by atoms with van der Waals surface area (Å²) in [5.74, 6) is 0. The molecule has 1 aliphatic rings. The Kier molecular flexibility index (Phi) is 2.37. The molecule has 3 rings (SSSR count). The van der Waals surface area contributed by atoms with E-state index in [4.69, 9.17) is 0 Å². The maximum absolute atomic E-state index is 11.0. The molecule has 0 aliphatic carbocycles. The molecule has 0 bridgehead atoms. The standard InChI is InChI=1S/C13H9NO2S/c15-14(16)11-5-3-7-13-10(11)8-9-4-1-2-6-12(9)17-13/h1-7H,8H2. The van der Waals surface area contributed by atoms with E-state index in [-0.39, 0.29) is 10.6 Å². The predicted octanol–water partition coefficient (Wildman–Crippen LogP) is 3.65. The number of nitro groups is 1. The van der Waals surface area contributed by atoms with Gasteiger partial charge in [-0.05, 0) is 17.7 Å². The van der Waals surface area contributed by atoms with Gasteiger partial charge in [0.1, 0.15) is 0 Å². The van der Waals surface area contributed by atoms with Crippen molar-refractivity contribution >= 4 is 17.4 Å². The van der Waals surface area contributed by atoms with Crippen LogP contribution in [0.4, 0.5) is 5.69 Å². The molecule has 4 heteroatoms. The van der Waals surface area contributed by atoms with E-state index in [1.165, 1.54) is 10.5 Å². The molecule has 0 radical (unpaired) electrons. The smallest absolute Gasteiger partial charge is 0.258 e. The molecule has 1 aliphatic heterocycles. The number of hydrogen-bond acceptors (Lipinski definition) is 3. The lowest BCUT2D eigenvalue weighted by Crippen LogP contribution is -2.03. The summed E-state index contributed by atoms with van der Waals surface area (Å²) in [6.07, 6.45) is 0.648. The Bertz CT molecular complexity index is 610. The monoisotopic (exact) mass is 243 g/mol. The molecule has 2 aromatic carbocycles. The van der Waals surface area contributed by atoms with Crippen molar-refractivity contribution in [3.05, 3.63) is 63.7 Å². The summed E-state index contributed by atoms with van der Waals surface area (Å²) in [6, 6.07) is 13.3. The van der Waals surface area contributed by atoms with E-state index in [0.717, 1.165) is 10.5 Å². The fourth-order valence-corrected chi connectivity index (χ4v) is 3.16. The first-order valence-electron chi connectivity index (χ1n) is 5.28. The summed E-state index contributed by atoms with van der Waals surface area (Å²) in [5.41, 5.74) is 2.23. The van der Waals surface area contributed by atoms with Crippen molar-refractivity contribution in [2.45, 2.75) is 16.2 Å². The summed E-state index contributed by atoms with van der Waals surface area (Å²) in [4.78, 5) is 12.9. The van der Waals surface area contributed by atoms with Gasteiger partial charge in [0.05, 0.1) is 4.92 Å². The van der Waals surface area contributed by atoms with Crippen LogP contribution in [0.3, 0.4) is 0 Å². The molecule has 0 amide bonds. The Morgan fingerprint density at radius 1 is 1.06 bits per heavy atom. The maximum atomic E-state index is 11.0. The topological polar surface area (TPSA) is 43.1 Å². The van der Waals surface area contributed by atoms with Gasteiger partial charge in [0.25, 0.3) is 5.69 Å². The van der Waals surface area contributed by atoms with Crippen molar-refractivity contribution in [2.24, 2.45) is 0 Å². The summed E-state index contributed by atoms with van der Waals surface area (Å²) in [7, 11) is 0. The van der Waals surface area contributed by atoms with Gasteiger partial charge in [0.15, 0.2) is 0 Å². The molecule has 0 fully saturated rings. The van der Waals surface area contributed by atoms with Crippen molar-refractivity contribution in [2.75, 3.05) is 0 Å². The van der Waals surface area contributed by atoms with Gasteiger partial charge in [-0.3, -0.25) is 10.1 Å². The molecule has 2 aromatic rings. The quantitative estimate of drug-likeness (QED) is 0.484. The normalized spacial score (nSPS) is 12.7. The summed E-state index contributed by atoms with van der Waals surface area (Å²) in [6.45, 7) is 0. The number of hydrogen-bond donors (Lipinski definition) is 0. The van der Waals surface area contributed by atoms with Crippen LogP contribution in [0.1, 0.15) is 11.1 Å². The van der Waals surface area contributed by atoms with Crippen LogP contribution in [0.25, 0.3) is 0 Å². The number of rotatable bonds is 1. The van der Waals surface area contributed by atoms with Crippen molar-refractivity contribution in [3.8, 4) is 0 Å². The van der Waals surface area contributed by atoms with E-state index in [2.05, 4.69) is 6.07 Å². The van der Waals surface area contributed by atoms with Crippen LogP contribution in [0.5, 0.6) is 0 Å². The van der Waals surface area contributed by atoms with E-state index >= 15 is 0 Å². The minimum Gasteiger partial charge on any atom is -0.258 e. The van der Waals surface area contributed by atoms with Crippen LogP contribution in [0.15, 0.2) is 52.3 Å². The molecule has 0 saturated heterocycles. The van der Waals surface area contributed by atoms with Gasteiger partial charge in [0.2, 0.25) is 0 Å². The van der Waals surface area contributed by atoms with Gasteiger partial charge in [-0.15, -0.1) is 0 Å². The van der Waals surface area contributed by atoms with Crippen molar-refractivity contribution < 1.29 is 4.92 Å². The maximum Gasteiger partial charge on any atom is 0.274 e. The van der Waals surface area contributed by atoms with E-state index in [0.29, 0.717) is 6.42 Å². The van der Waals surface area contributed by atoms with E-state index in [1.54, 1.807) is 23.9 Å². The van der Waals surface area contributed by atoms with Crippen LogP contribution in [0, 0.1) is 10.1 Å². The van der Waals surface area contributed by atoms with Gasteiger partial charge in [-0.25, -0.2) is 0 Å². The molecule has 0 unspecified atom stereocenters. The number of benzene rings is 2. The molecular formula is C13H9NO2S. The molecule has 0 N–H and O–H groups in total. The molecular weight excluding hydrogens is 234 g/mol.